The molecule has 0 aliphatic carbocycles. The Morgan fingerprint density at radius 3 is 2.43 bits per heavy atom. The number of hydrazine groups is 1. The molecule has 0 aromatic carbocycles. The van der Waals surface area contributed by atoms with E-state index >= 15 is 0 Å². The minimum atomic E-state index is -0.439. The van der Waals surface area contributed by atoms with E-state index in [1.54, 1.807) is 4.90 Å². The van der Waals surface area contributed by atoms with Crippen molar-refractivity contribution in [2.45, 2.75) is 19.8 Å². The Hall–Kier alpha value is -1.14. The largest absolute Gasteiger partial charge is 0.369 e. The van der Waals surface area contributed by atoms with Gasteiger partial charge in [-0.1, -0.05) is 13.3 Å². The standard InChI is InChI=1S/C8H18N4O2/c1-2-3-4-12(5-7(9)13)6-8(14)11-10/h2-6,10H2,1H3,(H2,9,13)(H,11,14). The molecule has 5 N–H and O–H groups in total. The second-order valence-corrected chi connectivity index (χ2v) is 3.10. The molecule has 0 aromatic rings. The molecule has 0 fully saturated rings. The number of carbonyl (C=O) groups is 2. The van der Waals surface area contributed by atoms with E-state index in [4.69, 9.17) is 11.6 Å². The van der Waals surface area contributed by atoms with Gasteiger partial charge in [0.2, 0.25) is 11.8 Å². The van der Waals surface area contributed by atoms with E-state index in [9.17, 15) is 9.59 Å². The summed E-state index contributed by atoms with van der Waals surface area (Å²) in [6.07, 6.45) is 1.92. The van der Waals surface area contributed by atoms with Gasteiger partial charge in [-0.2, -0.15) is 0 Å². The van der Waals surface area contributed by atoms with Gasteiger partial charge in [-0.3, -0.25) is 19.9 Å². The molecule has 0 aliphatic heterocycles. The highest BCUT2D eigenvalue weighted by Crippen LogP contribution is 1.94. The molecular weight excluding hydrogens is 184 g/mol. The van der Waals surface area contributed by atoms with Crippen LogP contribution in [0.15, 0.2) is 0 Å². The number of amides is 2. The summed E-state index contributed by atoms with van der Waals surface area (Å²) in [5.74, 6) is 4.18. The lowest BCUT2D eigenvalue weighted by atomic mass is 10.3. The number of hydrogen-bond acceptors (Lipinski definition) is 4. The van der Waals surface area contributed by atoms with Crippen LogP contribution in [0.3, 0.4) is 0 Å². The maximum atomic E-state index is 10.9. The average molecular weight is 202 g/mol. The lowest BCUT2D eigenvalue weighted by molar-refractivity contribution is -0.123. The highest BCUT2D eigenvalue weighted by Gasteiger charge is 2.11. The molecule has 0 atom stereocenters. The van der Waals surface area contributed by atoms with Crippen LogP contribution < -0.4 is 17.0 Å². The van der Waals surface area contributed by atoms with E-state index in [-0.39, 0.29) is 19.0 Å². The van der Waals surface area contributed by atoms with Crippen LogP contribution in [0.25, 0.3) is 0 Å². The zero-order valence-electron chi connectivity index (χ0n) is 8.45. The monoisotopic (exact) mass is 202 g/mol. The molecular formula is C8H18N4O2. The highest BCUT2D eigenvalue weighted by atomic mass is 16.2. The Kier molecular flexibility index (Phi) is 6.69. The van der Waals surface area contributed by atoms with Crippen LogP contribution in [-0.2, 0) is 9.59 Å². The fourth-order valence-corrected chi connectivity index (χ4v) is 1.06. The van der Waals surface area contributed by atoms with E-state index in [2.05, 4.69) is 0 Å². The summed E-state index contributed by atoms with van der Waals surface area (Å²) in [4.78, 5) is 23.3. The minimum Gasteiger partial charge on any atom is -0.369 e. The maximum absolute atomic E-state index is 10.9. The van der Waals surface area contributed by atoms with Gasteiger partial charge in [-0.15, -0.1) is 0 Å². The number of primary amides is 1. The van der Waals surface area contributed by atoms with Crippen molar-refractivity contribution in [3.63, 3.8) is 0 Å². The van der Waals surface area contributed by atoms with Gasteiger partial charge < -0.3 is 5.73 Å². The number of nitrogens with two attached hydrogens (primary N) is 2. The summed E-state index contributed by atoms with van der Waals surface area (Å²) in [6, 6.07) is 0. The lowest BCUT2D eigenvalue weighted by Gasteiger charge is -2.18. The first-order chi connectivity index (χ1) is 6.60. The number of unbranched alkanes of at least 4 members (excludes halogenated alkanes) is 1. The Balaban J connectivity index is 3.96. The number of nitrogens with zero attached hydrogens (tertiary/aromatic N) is 1. The summed E-state index contributed by atoms with van der Waals surface area (Å²) in [6.45, 7) is 2.91. The van der Waals surface area contributed by atoms with E-state index in [0.29, 0.717) is 6.54 Å². The van der Waals surface area contributed by atoms with Gasteiger partial charge in [0.05, 0.1) is 13.1 Å². The van der Waals surface area contributed by atoms with Crippen LogP contribution in [-0.4, -0.2) is 36.3 Å². The Bertz CT molecular complexity index is 196. The van der Waals surface area contributed by atoms with Crippen molar-refractivity contribution in [1.29, 1.82) is 0 Å². The highest BCUT2D eigenvalue weighted by molar-refractivity contribution is 5.79. The normalized spacial score (nSPS) is 10.2. The molecule has 0 heterocycles. The average Bonchev–Trinajstić information content (AvgIpc) is 2.13. The van der Waals surface area contributed by atoms with E-state index in [1.807, 2.05) is 12.3 Å². The molecule has 0 aliphatic rings. The summed E-state index contributed by atoms with van der Waals surface area (Å²) in [5.41, 5.74) is 7.05. The zero-order chi connectivity index (χ0) is 11.0. The molecule has 0 bridgehead atoms. The van der Waals surface area contributed by atoms with Crippen molar-refractivity contribution in [2.75, 3.05) is 19.6 Å². The smallest absolute Gasteiger partial charge is 0.248 e. The maximum Gasteiger partial charge on any atom is 0.248 e. The summed E-state index contributed by atoms with van der Waals surface area (Å²) < 4.78 is 0. The number of nitrogens with one attached hydrogen (secondary N) is 1. The molecule has 6 nitrogen and oxygen atoms in total. The molecule has 0 unspecified atom stereocenters. The molecule has 2 amide bonds. The molecule has 82 valence electrons. The van der Waals surface area contributed by atoms with E-state index in [0.717, 1.165) is 12.8 Å². The van der Waals surface area contributed by atoms with Crippen LogP contribution in [0.2, 0.25) is 0 Å². The van der Waals surface area contributed by atoms with Gasteiger partial charge >= 0.3 is 0 Å². The van der Waals surface area contributed by atoms with Crippen molar-refractivity contribution < 1.29 is 9.59 Å². The fraction of sp³-hybridized carbons (Fsp3) is 0.750. The van der Waals surface area contributed by atoms with Crippen molar-refractivity contribution >= 4 is 11.8 Å². The van der Waals surface area contributed by atoms with Crippen molar-refractivity contribution in [3.8, 4) is 0 Å². The summed E-state index contributed by atoms with van der Waals surface area (Å²) in [7, 11) is 0. The van der Waals surface area contributed by atoms with Gasteiger partial charge in [0.15, 0.2) is 0 Å². The van der Waals surface area contributed by atoms with Crippen LogP contribution in [0.1, 0.15) is 19.8 Å². The Labute approximate surface area is 83.6 Å². The quantitative estimate of drug-likeness (QED) is 0.267. The van der Waals surface area contributed by atoms with Crippen LogP contribution in [0.4, 0.5) is 0 Å². The van der Waals surface area contributed by atoms with Gasteiger partial charge in [0.1, 0.15) is 0 Å². The molecule has 0 spiro atoms. The summed E-state index contributed by atoms with van der Waals surface area (Å²) in [5, 5.41) is 0. The SMILES string of the molecule is CCCCN(CC(N)=O)CC(=O)NN. The third-order valence-corrected chi connectivity index (χ3v) is 1.74. The van der Waals surface area contributed by atoms with E-state index < -0.39 is 5.91 Å². The first-order valence-electron chi connectivity index (χ1n) is 4.60. The van der Waals surface area contributed by atoms with Crippen LogP contribution in [0, 0.1) is 0 Å². The predicted molar refractivity (Wildman–Crippen MR) is 52.9 cm³/mol. The predicted octanol–water partition coefficient (Wildman–Crippen LogP) is -1.44. The minimum absolute atomic E-state index is 0.0907. The topological polar surface area (TPSA) is 101 Å². The molecule has 0 radical (unpaired) electrons. The van der Waals surface area contributed by atoms with Gasteiger partial charge in [0, 0.05) is 0 Å². The molecule has 0 saturated heterocycles. The molecule has 14 heavy (non-hydrogen) atoms. The van der Waals surface area contributed by atoms with Gasteiger partial charge in [-0.25, -0.2) is 5.84 Å². The number of rotatable bonds is 7. The fourth-order valence-electron chi connectivity index (χ4n) is 1.06. The van der Waals surface area contributed by atoms with Crippen LogP contribution >= 0.6 is 0 Å². The number of hydrogen-bond donors (Lipinski definition) is 3. The second-order valence-electron chi connectivity index (χ2n) is 3.10. The molecule has 0 aromatic heterocycles. The van der Waals surface area contributed by atoms with E-state index in [1.165, 1.54) is 0 Å². The first kappa shape index (κ1) is 12.9. The zero-order valence-corrected chi connectivity index (χ0v) is 8.45. The first-order valence-corrected chi connectivity index (χ1v) is 4.60. The molecule has 0 saturated carbocycles. The number of carbonyl (C=O) groups excluding carboxylic acids is 2. The van der Waals surface area contributed by atoms with Crippen LogP contribution in [0.5, 0.6) is 0 Å². The summed E-state index contributed by atoms with van der Waals surface area (Å²) >= 11 is 0. The third-order valence-electron chi connectivity index (χ3n) is 1.74. The Morgan fingerprint density at radius 2 is 2.00 bits per heavy atom. The van der Waals surface area contributed by atoms with Gasteiger partial charge in [-0.05, 0) is 13.0 Å². The lowest BCUT2D eigenvalue weighted by Crippen LogP contribution is -2.43. The molecule has 6 heteroatoms. The van der Waals surface area contributed by atoms with Gasteiger partial charge in [0.25, 0.3) is 0 Å². The Morgan fingerprint density at radius 1 is 1.36 bits per heavy atom. The van der Waals surface area contributed by atoms with Crippen molar-refractivity contribution in [3.05, 3.63) is 0 Å². The second kappa shape index (κ2) is 7.28. The molecule has 0 rings (SSSR count). The van der Waals surface area contributed by atoms with Crippen molar-refractivity contribution in [2.24, 2.45) is 11.6 Å². The third kappa shape index (κ3) is 6.38. The van der Waals surface area contributed by atoms with Crippen molar-refractivity contribution in [1.82, 2.24) is 10.3 Å².